The number of anilines is 1. The first-order valence-corrected chi connectivity index (χ1v) is 12.8. The number of para-hydroxylation sites is 1. The van der Waals surface area contributed by atoms with E-state index in [0.717, 1.165) is 22.1 Å². The van der Waals surface area contributed by atoms with Crippen molar-refractivity contribution in [3.05, 3.63) is 77.1 Å². The highest BCUT2D eigenvalue weighted by Crippen LogP contribution is 2.30. The molecule has 1 unspecified atom stereocenters. The fraction of sp³-hybridized carbons (Fsp3) is 0.217. The zero-order valence-corrected chi connectivity index (χ0v) is 20.4. The number of hydrogen-bond acceptors (Lipinski definition) is 7. The number of thiazole rings is 1. The van der Waals surface area contributed by atoms with Crippen LogP contribution >= 0.6 is 34.9 Å². The second-order valence-electron chi connectivity index (χ2n) is 7.08. The lowest BCUT2D eigenvalue weighted by atomic mass is 10.3. The van der Waals surface area contributed by atoms with Gasteiger partial charge in [0.1, 0.15) is 5.82 Å². The molecule has 0 spiro atoms. The Balaban J connectivity index is 1.53. The van der Waals surface area contributed by atoms with Crippen LogP contribution in [0.15, 0.2) is 70.7 Å². The minimum absolute atomic E-state index is 0.105. The minimum Gasteiger partial charge on any atom is -0.301 e. The summed E-state index contributed by atoms with van der Waals surface area (Å²) >= 11 is 4.59. The lowest BCUT2D eigenvalue weighted by molar-refractivity contribution is -0.115. The predicted molar refractivity (Wildman–Crippen MR) is 133 cm³/mol. The molecule has 9 heteroatoms. The smallest absolute Gasteiger partial charge is 0.239 e. The number of carbonyl (C=O) groups excluding carboxylic acids is 1. The molecule has 2 heterocycles. The van der Waals surface area contributed by atoms with Crippen LogP contribution in [0.4, 0.5) is 5.13 Å². The van der Waals surface area contributed by atoms with E-state index in [0.29, 0.717) is 16.0 Å². The number of aryl methyl sites for hydroxylation is 2. The lowest BCUT2D eigenvalue weighted by Crippen LogP contribution is -2.22. The molecule has 6 nitrogen and oxygen atoms in total. The SMILES string of the molecule is Cc1nc(NC(=O)C(C)Sc2nnc(CSc3ccccc3)n2-c2ccccc2)sc1C. The molecule has 1 atom stereocenters. The van der Waals surface area contributed by atoms with E-state index in [9.17, 15) is 4.79 Å². The Morgan fingerprint density at radius 3 is 2.41 bits per heavy atom. The first-order chi connectivity index (χ1) is 15.5. The molecular formula is C23H23N5OS3. The first-order valence-electron chi connectivity index (χ1n) is 10.1. The van der Waals surface area contributed by atoms with Gasteiger partial charge in [-0.3, -0.25) is 9.36 Å². The molecule has 164 valence electrons. The van der Waals surface area contributed by atoms with Crippen molar-refractivity contribution in [2.24, 2.45) is 0 Å². The van der Waals surface area contributed by atoms with E-state index in [1.807, 2.05) is 73.9 Å². The van der Waals surface area contributed by atoms with Gasteiger partial charge in [-0.05, 0) is 45.0 Å². The number of benzene rings is 2. The van der Waals surface area contributed by atoms with Crippen molar-refractivity contribution in [1.82, 2.24) is 19.7 Å². The Bertz CT molecular complexity index is 1170. The van der Waals surface area contributed by atoms with Gasteiger partial charge in [-0.1, -0.05) is 48.2 Å². The summed E-state index contributed by atoms with van der Waals surface area (Å²) in [5.41, 5.74) is 1.91. The molecule has 1 amide bonds. The molecule has 4 rings (SSSR count). The highest BCUT2D eigenvalue weighted by atomic mass is 32.2. The largest absolute Gasteiger partial charge is 0.301 e. The lowest BCUT2D eigenvalue weighted by Gasteiger charge is -2.13. The van der Waals surface area contributed by atoms with E-state index in [1.165, 1.54) is 28.0 Å². The molecule has 2 aromatic carbocycles. The molecule has 0 aliphatic heterocycles. The molecule has 0 radical (unpaired) electrons. The van der Waals surface area contributed by atoms with Gasteiger partial charge in [-0.15, -0.1) is 33.3 Å². The van der Waals surface area contributed by atoms with Gasteiger partial charge in [0.25, 0.3) is 0 Å². The second kappa shape index (κ2) is 10.3. The average Bonchev–Trinajstić information content (AvgIpc) is 3.35. The van der Waals surface area contributed by atoms with E-state index in [4.69, 9.17) is 0 Å². The van der Waals surface area contributed by atoms with Crippen molar-refractivity contribution in [1.29, 1.82) is 0 Å². The maximum Gasteiger partial charge on any atom is 0.239 e. The molecule has 4 aromatic rings. The van der Waals surface area contributed by atoms with Crippen molar-refractivity contribution < 1.29 is 4.79 Å². The molecule has 32 heavy (non-hydrogen) atoms. The van der Waals surface area contributed by atoms with Crippen molar-refractivity contribution in [2.75, 3.05) is 5.32 Å². The Morgan fingerprint density at radius 1 is 1.06 bits per heavy atom. The summed E-state index contributed by atoms with van der Waals surface area (Å²) in [6.45, 7) is 5.81. The fourth-order valence-electron chi connectivity index (χ4n) is 2.92. The van der Waals surface area contributed by atoms with E-state index in [2.05, 4.69) is 32.6 Å². The molecule has 2 aromatic heterocycles. The predicted octanol–water partition coefficient (Wildman–Crippen LogP) is 5.75. The number of thioether (sulfide) groups is 2. The Hall–Kier alpha value is -2.62. The maximum absolute atomic E-state index is 12.8. The van der Waals surface area contributed by atoms with Gasteiger partial charge in [0.2, 0.25) is 5.91 Å². The maximum atomic E-state index is 12.8. The summed E-state index contributed by atoms with van der Waals surface area (Å²) < 4.78 is 2.03. The van der Waals surface area contributed by atoms with Gasteiger partial charge in [-0.25, -0.2) is 4.98 Å². The minimum atomic E-state index is -0.360. The number of carbonyl (C=O) groups is 1. The van der Waals surface area contributed by atoms with E-state index >= 15 is 0 Å². The van der Waals surface area contributed by atoms with Gasteiger partial charge >= 0.3 is 0 Å². The Morgan fingerprint density at radius 2 is 1.75 bits per heavy atom. The van der Waals surface area contributed by atoms with Crippen molar-refractivity contribution in [3.8, 4) is 5.69 Å². The number of hydrogen-bond donors (Lipinski definition) is 1. The number of nitrogens with zero attached hydrogens (tertiary/aromatic N) is 4. The number of aromatic nitrogens is 4. The highest BCUT2D eigenvalue weighted by molar-refractivity contribution is 8.00. The van der Waals surface area contributed by atoms with Gasteiger partial charge < -0.3 is 5.32 Å². The van der Waals surface area contributed by atoms with Crippen LogP contribution < -0.4 is 5.32 Å². The fourth-order valence-corrected chi connectivity index (χ4v) is 5.45. The average molecular weight is 482 g/mol. The van der Waals surface area contributed by atoms with E-state index in [-0.39, 0.29) is 11.2 Å². The first kappa shape index (κ1) is 22.6. The second-order valence-corrected chi connectivity index (χ2v) is 10.6. The van der Waals surface area contributed by atoms with Crippen LogP contribution in [0.2, 0.25) is 0 Å². The van der Waals surface area contributed by atoms with Crippen molar-refractivity contribution >= 4 is 45.9 Å². The third kappa shape index (κ3) is 5.40. The third-order valence-electron chi connectivity index (χ3n) is 4.74. The number of nitrogens with one attached hydrogen (secondary N) is 1. The third-order valence-corrected chi connectivity index (χ3v) is 7.77. The van der Waals surface area contributed by atoms with Crippen LogP contribution in [0.25, 0.3) is 5.69 Å². The summed E-state index contributed by atoms with van der Waals surface area (Å²) in [6.07, 6.45) is 0. The summed E-state index contributed by atoms with van der Waals surface area (Å²) in [5, 5.41) is 12.7. The molecule has 1 N–H and O–H groups in total. The van der Waals surface area contributed by atoms with Crippen LogP contribution in [0.5, 0.6) is 0 Å². The summed E-state index contributed by atoms with van der Waals surface area (Å²) in [6, 6.07) is 20.2. The molecule has 0 fully saturated rings. The monoisotopic (exact) mass is 481 g/mol. The zero-order chi connectivity index (χ0) is 22.5. The van der Waals surface area contributed by atoms with Crippen LogP contribution in [0, 0.1) is 13.8 Å². The van der Waals surface area contributed by atoms with Gasteiger partial charge in [0.05, 0.1) is 16.7 Å². The van der Waals surface area contributed by atoms with Crippen molar-refractivity contribution in [3.63, 3.8) is 0 Å². The zero-order valence-electron chi connectivity index (χ0n) is 18.0. The van der Waals surface area contributed by atoms with Crippen LogP contribution in [0.1, 0.15) is 23.3 Å². The summed E-state index contributed by atoms with van der Waals surface area (Å²) in [7, 11) is 0. The van der Waals surface area contributed by atoms with Crippen LogP contribution in [0.3, 0.4) is 0 Å². The Labute approximate surface area is 199 Å². The molecule has 0 aliphatic carbocycles. The van der Waals surface area contributed by atoms with Gasteiger partial charge in [0.15, 0.2) is 10.3 Å². The van der Waals surface area contributed by atoms with Crippen LogP contribution in [-0.4, -0.2) is 30.9 Å². The normalized spacial score (nSPS) is 12.0. The van der Waals surface area contributed by atoms with E-state index in [1.54, 1.807) is 11.8 Å². The molecule has 0 bridgehead atoms. The summed E-state index contributed by atoms with van der Waals surface area (Å²) in [5.74, 6) is 1.41. The molecule has 0 saturated carbocycles. The Kier molecular flexibility index (Phi) is 7.29. The van der Waals surface area contributed by atoms with Crippen molar-refractivity contribution in [2.45, 2.75) is 41.8 Å². The summed E-state index contributed by atoms with van der Waals surface area (Å²) in [4.78, 5) is 19.5. The quantitative estimate of drug-likeness (QED) is 0.323. The molecule has 0 saturated heterocycles. The molecule has 0 aliphatic rings. The van der Waals surface area contributed by atoms with Gasteiger partial charge in [0, 0.05) is 15.5 Å². The number of amides is 1. The standard InChI is InChI=1S/C23H23N5OS3/c1-15-16(2)31-22(24-15)25-21(29)17(3)32-23-27-26-20(14-30-19-12-8-5-9-13-19)28(23)18-10-6-4-7-11-18/h4-13,17H,14H2,1-3H3,(H,24,25,29). The van der Waals surface area contributed by atoms with E-state index < -0.39 is 0 Å². The highest BCUT2D eigenvalue weighted by Gasteiger charge is 2.22. The number of rotatable bonds is 8. The topological polar surface area (TPSA) is 72.7 Å². The van der Waals surface area contributed by atoms with Crippen LogP contribution in [-0.2, 0) is 10.5 Å². The molecular weight excluding hydrogens is 458 g/mol. The van der Waals surface area contributed by atoms with Gasteiger partial charge in [-0.2, -0.15) is 0 Å².